The SMILES string of the molecule is C=C(F)C(=O)N1CCN(c2nc(OC[C@@H]3CCCN3C)nc3cc(-c4c(O)cccc4F)c(C)nc23)C[C@@H]1CC#N. The van der Waals surface area contributed by atoms with Gasteiger partial charge in [0, 0.05) is 36.9 Å². The van der Waals surface area contributed by atoms with Crippen LogP contribution in [0.1, 0.15) is 25.0 Å². The number of nitrogens with zero attached hydrogens (tertiary/aromatic N) is 7. The molecule has 10 nitrogen and oxygen atoms in total. The molecule has 1 amide bonds. The number of hydrogen-bond donors (Lipinski definition) is 1. The highest BCUT2D eigenvalue weighted by molar-refractivity contribution is 5.92. The molecule has 41 heavy (non-hydrogen) atoms. The molecule has 0 radical (unpaired) electrons. The van der Waals surface area contributed by atoms with Gasteiger partial charge in [-0.2, -0.15) is 15.2 Å². The standard InChI is InChI=1S/C29H31F2N7O3/c1-17(30)28(40)38-13-12-37(15-19(38)9-10-32)27-26-23(34-29(35-27)41-16-20-6-5-11-36(20)3)14-21(18(2)33-26)25-22(31)7-4-8-24(25)39/h4,7-8,14,19-20,39H,1,5-6,9,11-13,15-16H2,2-3H3/t19-,20-/m0/s1. The van der Waals surface area contributed by atoms with Gasteiger partial charge >= 0.3 is 6.01 Å². The van der Waals surface area contributed by atoms with E-state index in [0.717, 1.165) is 19.4 Å². The number of hydrogen-bond acceptors (Lipinski definition) is 9. The summed E-state index contributed by atoms with van der Waals surface area (Å²) in [6.07, 6.45) is 2.04. The van der Waals surface area contributed by atoms with Gasteiger partial charge in [0.05, 0.1) is 29.6 Å². The van der Waals surface area contributed by atoms with Gasteiger partial charge in [-0.1, -0.05) is 12.6 Å². The lowest BCUT2D eigenvalue weighted by Crippen LogP contribution is -2.55. The number of likely N-dealkylation sites (tertiary alicyclic amines) is 1. The molecule has 0 bridgehead atoms. The molecule has 2 atom stereocenters. The van der Waals surface area contributed by atoms with Gasteiger partial charge in [-0.25, -0.2) is 13.8 Å². The van der Waals surface area contributed by atoms with Crippen molar-refractivity contribution in [3.05, 3.63) is 48.2 Å². The topological polar surface area (TPSA) is 119 Å². The molecule has 2 saturated heterocycles. The van der Waals surface area contributed by atoms with Crippen molar-refractivity contribution in [2.24, 2.45) is 0 Å². The highest BCUT2D eigenvalue weighted by atomic mass is 19.1. The van der Waals surface area contributed by atoms with Crippen LogP contribution in [0.15, 0.2) is 36.7 Å². The maximum Gasteiger partial charge on any atom is 0.319 e. The Balaban J connectivity index is 1.58. The van der Waals surface area contributed by atoms with Crippen molar-refractivity contribution >= 4 is 22.8 Å². The highest BCUT2D eigenvalue weighted by Gasteiger charge is 2.34. The summed E-state index contributed by atoms with van der Waals surface area (Å²) in [5.41, 5.74) is 1.62. The maximum absolute atomic E-state index is 14.8. The van der Waals surface area contributed by atoms with Gasteiger partial charge in [0.15, 0.2) is 11.6 Å². The summed E-state index contributed by atoms with van der Waals surface area (Å²) >= 11 is 0. The Hall–Kier alpha value is -4.37. The Labute approximate surface area is 236 Å². The first-order valence-electron chi connectivity index (χ1n) is 13.5. The Morgan fingerprint density at radius 3 is 2.73 bits per heavy atom. The molecule has 3 aromatic rings. The van der Waals surface area contributed by atoms with Crippen LogP contribution in [0.4, 0.5) is 14.6 Å². The molecule has 0 unspecified atom stereocenters. The third-order valence-corrected chi connectivity index (χ3v) is 7.76. The summed E-state index contributed by atoms with van der Waals surface area (Å²) < 4.78 is 34.6. The van der Waals surface area contributed by atoms with Crippen LogP contribution in [0.5, 0.6) is 11.8 Å². The average molecular weight is 564 g/mol. The summed E-state index contributed by atoms with van der Waals surface area (Å²) in [4.78, 5) is 31.8. The second-order valence-electron chi connectivity index (χ2n) is 10.4. The van der Waals surface area contributed by atoms with Gasteiger partial charge in [0.25, 0.3) is 5.91 Å². The van der Waals surface area contributed by atoms with Crippen molar-refractivity contribution in [1.29, 1.82) is 5.26 Å². The number of aromatic nitrogens is 3. The first kappa shape index (κ1) is 28.2. The lowest BCUT2D eigenvalue weighted by molar-refractivity contribution is -0.131. The summed E-state index contributed by atoms with van der Waals surface area (Å²) in [6.45, 7) is 6.79. The van der Waals surface area contributed by atoms with E-state index in [2.05, 4.69) is 22.5 Å². The summed E-state index contributed by atoms with van der Waals surface area (Å²) in [5.74, 6) is -2.32. The van der Waals surface area contributed by atoms with Crippen molar-refractivity contribution in [1.82, 2.24) is 24.8 Å². The number of halogens is 2. The molecule has 12 heteroatoms. The number of aryl methyl sites for hydroxylation is 1. The van der Waals surface area contributed by atoms with E-state index in [1.807, 2.05) is 11.9 Å². The Morgan fingerprint density at radius 1 is 1.24 bits per heavy atom. The fourth-order valence-corrected chi connectivity index (χ4v) is 5.55. The minimum Gasteiger partial charge on any atom is -0.507 e. The molecule has 0 spiro atoms. The second kappa shape index (κ2) is 11.6. The number of benzene rings is 1. The number of amides is 1. The average Bonchev–Trinajstić information content (AvgIpc) is 3.36. The van der Waals surface area contributed by atoms with Crippen molar-refractivity contribution in [3.8, 4) is 29.0 Å². The van der Waals surface area contributed by atoms with E-state index in [1.165, 1.54) is 23.1 Å². The molecule has 2 aliphatic rings. The van der Waals surface area contributed by atoms with Crippen molar-refractivity contribution in [2.75, 3.05) is 44.7 Å². The molecule has 2 aromatic heterocycles. The first-order chi connectivity index (χ1) is 19.7. The van der Waals surface area contributed by atoms with E-state index >= 15 is 0 Å². The normalized spacial score (nSPS) is 19.4. The molecule has 4 heterocycles. The third-order valence-electron chi connectivity index (χ3n) is 7.76. The number of carbonyl (C=O) groups excluding carboxylic acids is 1. The smallest absolute Gasteiger partial charge is 0.319 e. The van der Waals surface area contributed by atoms with Gasteiger partial charge in [-0.3, -0.25) is 4.79 Å². The van der Waals surface area contributed by atoms with Crippen LogP contribution in [-0.2, 0) is 4.79 Å². The minimum absolute atomic E-state index is 0.0148. The van der Waals surface area contributed by atoms with E-state index in [1.54, 1.807) is 13.0 Å². The van der Waals surface area contributed by atoms with Gasteiger partial charge in [-0.05, 0) is 51.6 Å². The number of nitriles is 1. The Bertz CT molecular complexity index is 1520. The molecule has 0 aliphatic carbocycles. The molecule has 2 aliphatic heterocycles. The van der Waals surface area contributed by atoms with Gasteiger partial charge < -0.3 is 24.5 Å². The Kier molecular flexibility index (Phi) is 7.99. The number of pyridine rings is 1. The molecule has 214 valence electrons. The third kappa shape index (κ3) is 5.63. The predicted octanol–water partition coefficient (Wildman–Crippen LogP) is 3.73. The van der Waals surface area contributed by atoms with E-state index in [4.69, 9.17) is 14.7 Å². The number of rotatable bonds is 7. The van der Waals surface area contributed by atoms with E-state index in [0.29, 0.717) is 34.7 Å². The number of piperazine rings is 1. The first-order valence-corrected chi connectivity index (χ1v) is 13.5. The number of fused-ring (bicyclic) bond motifs is 1. The molecule has 5 rings (SSSR count). The van der Waals surface area contributed by atoms with Crippen LogP contribution in [0.25, 0.3) is 22.2 Å². The molecule has 2 fully saturated rings. The number of likely N-dealkylation sites (N-methyl/N-ethyl adjacent to an activating group) is 1. The summed E-state index contributed by atoms with van der Waals surface area (Å²) in [7, 11) is 2.04. The van der Waals surface area contributed by atoms with E-state index in [9.17, 15) is 23.9 Å². The van der Waals surface area contributed by atoms with Gasteiger partial charge in [0.1, 0.15) is 23.7 Å². The number of carbonyl (C=O) groups is 1. The predicted molar refractivity (Wildman–Crippen MR) is 148 cm³/mol. The zero-order valence-corrected chi connectivity index (χ0v) is 23.0. The monoisotopic (exact) mass is 563 g/mol. The van der Waals surface area contributed by atoms with E-state index in [-0.39, 0.29) is 49.4 Å². The quantitative estimate of drug-likeness (QED) is 0.429. The van der Waals surface area contributed by atoms with Crippen LogP contribution >= 0.6 is 0 Å². The zero-order chi connectivity index (χ0) is 29.3. The molecular weight excluding hydrogens is 532 g/mol. The van der Waals surface area contributed by atoms with Gasteiger partial charge in [0.2, 0.25) is 0 Å². The highest BCUT2D eigenvalue weighted by Crippen LogP contribution is 2.37. The fourth-order valence-electron chi connectivity index (χ4n) is 5.55. The van der Waals surface area contributed by atoms with Crippen LogP contribution in [0, 0.1) is 24.1 Å². The second-order valence-corrected chi connectivity index (χ2v) is 10.4. The number of aromatic hydroxyl groups is 1. The zero-order valence-electron chi connectivity index (χ0n) is 23.0. The van der Waals surface area contributed by atoms with Crippen molar-refractivity contribution in [2.45, 2.75) is 38.3 Å². The minimum atomic E-state index is -1.08. The molecule has 0 saturated carbocycles. The largest absolute Gasteiger partial charge is 0.507 e. The molecule has 1 N–H and O–H groups in total. The van der Waals surface area contributed by atoms with Crippen LogP contribution in [-0.4, -0.2) is 87.7 Å². The van der Waals surface area contributed by atoms with E-state index < -0.39 is 23.6 Å². The molecular formula is C29H31F2N7O3. The van der Waals surface area contributed by atoms with Gasteiger partial charge in [-0.15, -0.1) is 0 Å². The van der Waals surface area contributed by atoms with Crippen molar-refractivity contribution in [3.63, 3.8) is 0 Å². The number of ether oxygens (including phenoxy) is 1. The number of anilines is 1. The van der Waals surface area contributed by atoms with Crippen LogP contribution < -0.4 is 9.64 Å². The lowest BCUT2D eigenvalue weighted by atomic mass is 10.0. The number of phenolic OH excluding ortho intramolecular Hbond substituents is 1. The maximum atomic E-state index is 14.8. The summed E-state index contributed by atoms with van der Waals surface area (Å²) in [6, 6.07) is 7.52. The van der Waals surface area contributed by atoms with Crippen LogP contribution in [0.3, 0.4) is 0 Å². The van der Waals surface area contributed by atoms with Crippen molar-refractivity contribution < 1.29 is 23.4 Å². The molecule has 1 aromatic carbocycles. The van der Waals surface area contributed by atoms with Crippen LogP contribution in [0.2, 0.25) is 0 Å². The summed E-state index contributed by atoms with van der Waals surface area (Å²) in [5, 5.41) is 19.9. The Morgan fingerprint density at radius 2 is 2.05 bits per heavy atom. The lowest BCUT2D eigenvalue weighted by Gasteiger charge is -2.41. The number of phenols is 1. The fraction of sp³-hybridized carbons (Fsp3) is 0.414.